The first-order valence-corrected chi connectivity index (χ1v) is 9.69. The van der Waals surface area contributed by atoms with Crippen molar-refractivity contribution in [2.24, 2.45) is 0 Å². The first-order valence-electron chi connectivity index (χ1n) is 9.69. The molecule has 2 aromatic carbocycles. The zero-order chi connectivity index (χ0) is 21.6. The number of oxazole rings is 1. The molecule has 1 N–H and O–H groups in total. The van der Waals surface area contributed by atoms with Crippen molar-refractivity contribution in [3.63, 3.8) is 0 Å². The highest BCUT2D eigenvalue weighted by atomic mass is 19.1. The van der Waals surface area contributed by atoms with Crippen LogP contribution in [0.3, 0.4) is 0 Å². The molecule has 2 aliphatic rings. The van der Waals surface area contributed by atoms with Crippen LogP contribution in [-0.2, 0) is 16.9 Å². The van der Waals surface area contributed by atoms with Crippen LogP contribution in [0.15, 0.2) is 53.1 Å². The van der Waals surface area contributed by atoms with E-state index in [0.717, 1.165) is 4.90 Å². The Labute approximate surface area is 176 Å². The van der Waals surface area contributed by atoms with Crippen molar-refractivity contribution in [1.29, 1.82) is 0 Å². The fourth-order valence-electron chi connectivity index (χ4n) is 3.66. The van der Waals surface area contributed by atoms with Gasteiger partial charge in [-0.05, 0) is 48.9 Å². The molecule has 9 heteroatoms. The van der Waals surface area contributed by atoms with Gasteiger partial charge in [0.15, 0.2) is 17.3 Å². The highest BCUT2D eigenvalue weighted by molar-refractivity contribution is 6.07. The maximum atomic E-state index is 13.2. The zero-order valence-corrected chi connectivity index (χ0v) is 16.6. The van der Waals surface area contributed by atoms with Crippen LogP contribution in [0.2, 0.25) is 0 Å². The lowest BCUT2D eigenvalue weighted by atomic mass is 9.91. The van der Waals surface area contributed by atoms with Gasteiger partial charge in [0.25, 0.3) is 5.91 Å². The zero-order valence-electron chi connectivity index (χ0n) is 16.6. The quantitative estimate of drug-likeness (QED) is 0.648. The van der Waals surface area contributed by atoms with Crippen molar-refractivity contribution in [2.45, 2.75) is 19.0 Å². The van der Waals surface area contributed by atoms with Gasteiger partial charge in [-0.3, -0.25) is 9.69 Å². The van der Waals surface area contributed by atoms with Gasteiger partial charge in [-0.25, -0.2) is 14.2 Å². The number of imide groups is 1. The number of nitrogens with zero attached hydrogens (tertiary/aromatic N) is 2. The smallest absolute Gasteiger partial charge is 0.325 e. The summed E-state index contributed by atoms with van der Waals surface area (Å²) in [7, 11) is 0. The van der Waals surface area contributed by atoms with Crippen molar-refractivity contribution in [3.05, 3.63) is 65.9 Å². The molecule has 5 rings (SSSR count). The van der Waals surface area contributed by atoms with Crippen LogP contribution >= 0.6 is 0 Å². The molecule has 8 nitrogen and oxygen atoms in total. The molecule has 158 valence electrons. The number of hydrogen-bond donors (Lipinski definition) is 1. The maximum absolute atomic E-state index is 13.2. The number of rotatable bonds is 4. The molecule has 1 saturated heterocycles. The van der Waals surface area contributed by atoms with E-state index < -0.39 is 17.5 Å². The summed E-state index contributed by atoms with van der Waals surface area (Å²) in [5.74, 6) is 0.935. The minimum Gasteiger partial charge on any atom is -0.486 e. The number of fused-ring (bicyclic) bond motifs is 1. The third-order valence-electron chi connectivity index (χ3n) is 5.37. The van der Waals surface area contributed by atoms with Gasteiger partial charge in [-0.1, -0.05) is 6.07 Å². The summed E-state index contributed by atoms with van der Waals surface area (Å²) in [6, 6.07) is 10.4. The number of urea groups is 1. The third kappa shape index (κ3) is 3.27. The van der Waals surface area contributed by atoms with Crippen LogP contribution in [0, 0.1) is 5.82 Å². The molecule has 1 atom stereocenters. The van der Waals surface area contributed by atoms with Crippen LogP contribution in [0.4, 0.5) is 9.18 Å². The summed E-state index contributed by atoms with van der Waals surface area (Å²) in [5.41, 5.74) is -0.0466. The van der Waals surface area contributed by atoms with Crippen molar-refractivity contribution in [2.75, 3.05) is 13.2 Å². The van der Waals surface area contributed by atoms with E-state index in [1.807, 2.05) is 0 Å². The molecule has 0 radical (unpaired) electrons. The van der Waals surface area contributed by atoms with Gasteiger partial charge in [-0.2, -0.15) is 0 Å². The van der Waals surface area contributed by atoms with E-state index in [0.29, 0.717) is 41.6 Å². The van der Waals surface area contributed by atoms with Gasteiger partial charge in [0.05, 0.1) is 6.20 Å². The first-order chi connectivity index (χ1) is 14.9. The average Bonchev–Trinajstić information content (AvgIpc) is 3.33. The molecule has 1 fully saturated rings. The van der Waals surface area contributed by atoms with Crippen molar-refractivity contribution >= 4 is 11.9 Å². The van der Waals surface area contributed by atoms with Crippen LogP contribution in [-0.4, -0.2) is 35.0 Å². The van der Waals surface area contributed by atoms with Gasteiger partial charge >= 0.3 is 6.03 Å². The summed E-state index contributed by atoms with van der Waals surface area (Å²) in [4.78, 5) is 31.0. The lowest BCUT2D eigenvalue weighted by molar-refractivity contribution is -0.131. The van der Waals surface area contributed by atoms with Crippen molar-refractivity contribution in [1.82, 2.24) is 15.2 Å². The van der Waals surface area contributed by atoms with E-state index in [1.165, 1.54) is 18.3 Å². The summed E-state index contributed by atoms with van der Waals surface area (Å²) in [6.45, 7) is 2.38. The number of nitrogens with one attached hydrogen (secondary N) is 1. The largest absolute Gasteiger partial charge is 0.486 e. The lowest BCUT2D eigenvalue weighted by Gasteiger charge is -2.25. The van der Waals surface area contributed by atoms with Gasteiger partial charge in [-0.15, -0.1) is 0 Å². The number of hydrogen-bond acceptors (Lipinski definition) is 6. The Morgan fingerprint density at radius 3 is 2.61 bits per heavy atom. The summed E-state index contributed by atoms with van der Waals surface area (Å²) < 4.78 is 29.9. The minimum atomic E-state index is -1.26. The molecule has 0 bridgehead atoms. The van der Waals surface area contributed by atoms with Gasteiger partial charge in [0.2, 0.25) is 5.89 Å². The second kappa shape index (κ2) is 7.12. The molecule has 2 aliphatic heterocycles. The van der Waals surface area contributed by atoms with E-state index in [-0.39, 0.29) is 18.3 Å². The number of halogens is 1. The monoisotopic (exact) mass is 423 g/mol. The van der Waals surface area contributed by atoms with E-state index in [4.69, 9.17) is 13.9 Å². The number of aromatic nitrogens is 1. The van der Waals surface area contributed by atoms with Gasteiger partial charge < -0.3 is 19.2 Å². The minimum absolute atomic E-state index is 0.133. The van der Waals surface area contributed by atoms with E-state index in [9.17, 15) is 14.0 Å². The molecule has 31 heavy (non-hydrogen) atoms. The SMILES string of the molecule is CC1(c2ccc3c(c2)OCCO3)NC(=O)N(Cc2ncc(-c3ccc(F)cc3)o2)C1=O. The van der Waals surface area contributed by atoms with Gasteiger partial charge in [0.1, 0.15) is 31.1 Å². The van der Waals surface area contributed by atoms with Gasteiger partial charge in [0, 0.05) is 5.56 Å². The van der Waals surface area contributed by atoms with Crippen LogP contribution in [0.25, 0.3) is 11.3 Å². The Morgan fingerprint density at radius 2 is 1.84 bits per heavy atom. The topological polar surface area (TPSA) is 93.9 Å². The first kappa shape index (κ1) is 19.1. The molecule has 0 spiro atoms. The molecule has 1 unspecified atom stereocenters. The fourth-order valence-corrected chi connectivity index (χ4v) is 3.66. The van der Waals surface area contributed by atoms with Crippen LogP contribution in [0.5, 0.6) is 11.5 Å². The number of ether oxygens (including phenoxy) is 2. The predicted octanol–water partition coefficient (Wildman–Crippen LogP) is 3.22. The number of carbonyl (C=O) groups excluding carboxylic acids is 2. The second-order valence-corrected chi connectivity index (χ2v) is 7.43. The number of carbonyl (C=O) groups is 2. The van der Waals surface area contributed by atoms with E-state index >= 15 is 0 Å². The molecule has 0 aliphatic carbocycles. The second-order valence-electron chi connectivity index (χ2n) is 7.43. The standard InChI is InChI=1S/C22H18FN3O5/c1-22(14-4-7-16-17(10-14)30-9-8-29-16)20(27)26(21(28)25-22)12-19-24-11-18(31-19)13-2-5-15(23)6-3-13/h2-7,10-11H,8-9,12H2,1H3,(H,25,28). The average molecular weight is 423 g/mol. The Morgan fingerprint density at radius 1 is 1.10 bits per heavy atom. The number of amides is 3. The summed E-state index contributed by atoms with van der Waals surface area (Å²) in [5, 5.41) is 2.75. The summed E-state index contributed by atoms with van der Waals surface area (Å²) >= 11 is 0. The molecule has 1 aromatic heterocycles. The Hall–Kier alpha value is -3.88. The summed E-state index contributed by atoms with van der Waals surface area (Å²) in [6.07, 6.45) is 1.47. The predicted molar refractivity (Wildman–Crippen MR) is 106 cm³/mol. The third-order valence-corrected chi connectivity index (χ3v) is 5.37. The Bertz CT molecular complexity index is 1180. The fraction of sp³-hybridized carbons (Fsp3) is 0.227. The molecular weight excluding hydrogens is 405 g/mol. The lowest BCUT2D eigenvalue weighted by Crippen LogP contribution is -2.41. The van der Waals surface area contributed by atoms with E-state index in [1.54, 1.807) is 37.3 Å². The Kier molecular flexibility index (Phi) is 4.39. The van der Waals surface area contributed by atoms with Crippen LogP contribution in [0.1, 0.15) is 18.4 Å². The van der Waals surface area contributed by atoms with Crippen molar-refractivity contribution < 1.29 is 27.9 Å². The number of benzene rings is 2. The molecule has 3 amide bonds. The molecular formula is C22H18FN3O5. The highest BCUT2D eigenvalue weighted by Crippen LogP contribution is 2.37. The maximum Gasteiger partial charge on any atom is 0.325 e. The molecule has 3 aromatic rings. The molecule has 3 heterocycles. The molecule has 0 saturated carbocycles. The van der Waals surface area contributed by atoms with E-state index in [2.05, 4.69) is 10.3 Å². The van der Waals surface area contributed by atoms with Crippen molar-refractivity contribution in [3.8, 4) is 22.8 Å². The Balaban J connectivity index is 1.37. The van der Waals surface area contributed by atoms with Crippen LogP contribution < -0.4 is 14.8 Å². The highest BCUT2D eigenvalue weighted by Gasteiger charge is 2.49. The normalized spacial score (nSPS) is 20.1.